The van der Waals surface area contributed by atoms with Gasteiger partial charge in [-0.1, -0.05) is 78.8 Å². The van der Waals surface area contributed by atoms with E-state index >= 15 is 4.79 Å². The van der Waals surface area contributed by atoms with Crippen LogP contribution in [0, 0.1) is 64.1 Å². The minimum absolute atomic E-state index is 0.114. The number of carbonyl (C=O) groups is 2. The maximum Gasteiger partial charge on any atom is 0.339 e. The summed E-state index contributed by atoms with van der Waals surface area (Å²) < 4.78 is 14.2. The fraction of sp³-hybridized carbons (Fsp3) is 0.556. The Hall–Kier alpha value is -4.38. The van der Waals surface area contributed by atoms with E-state index in [1.165, 1.54) is 45.5 Å². The van der Waals surface area contributed by atoms with Gasteiger partial charge < -0.3 is 20.1 Å². The second-order valence-corrected chi connectivity index (χ2v) is 21.2. The molecule has 3 saturated heterocycles. The Morgan fingerprint density at radius 2 is 1.87 bits per heavy atom. The van der Waals surface area contributed by atoms with Crippen LogP contribution in [0.2, 0.25) is 0 Å². The van der Waals surface area contributed by atoms with Gasteiger partial charge in [0.25, 0.3) is 0 Å². The molecule has 14 aliphatic rings. The second-order valence-electron chi connectivity index (χ2n) is 21.2. The lowest BCUT2D eigenvalue weighted by Crippen LogP contribution is -2.77. The summed E-state index contributed by atoms with van der Waals surface area (Å²) in [5.74, 6) is 9.93. The minimum atomic E-state index is -1.01. The third-order valence-electron chi connectivity index (χ3n) is 18.4. The Bertz CT molecular complexity index is 2500. The summed E-state index contributed by atoms with van der Waals surface area (Å²) in [5, 5.41) is 0. The molecule has 61 heavy (non-hydrogen) atoms. The molecule has 2 aromatic rings. The largest absolute Gasteiger partial charge is 0.449 e. The average Bonchev–Trinajstić information content (AvgIpc) is 3.70. The van der Waals surface area contributed by atoms with Crippen LogP contribution in [0.15, 0.2) is 82.8 Å². The van der Waals surface area contributed by atoms with Gasteiger partial charge in [-0.15, -0.1) is 0 Å². The average molecular weight is 814 g/mol. The normalized spacial score (nSPS) is 40.5. The number of fused-ring (bicyclic) bond motifs is 5. The Morgan fingerprint density at radius 1 is 1.00 bits per heavy atom. The van der Waals surface area contributed by atoms with Crippen molar-refractivity contribution >= 4 is 11.9 Å². The van der Waals surface area contributed by atoms with Crippen LogP contribution in [0.25, 0.3) is 0 Å². The minimum Gasteiger partial charge on any atom is -0.449 e. The van der Waals surface area contributed by atoms with Gasteiger partial charge in [-0.3, -0.25) is 9.69 Å². The number of allylic oxidation sites excluding steroid dienone is 4. The van der Waals surface area contributed by atoms with Crippen molar-refractivity contribution in [1.82, 2.24) is 9.80 Å². The monoisotopic (exact) mass is 813 g/mol. The molecule has 0 radical (unpaired) electrons. The zero-order valence-electron chi connectivity index (χ0n) is 35.9. The standard InChI is InChI=1S/C54H59N3O4/c1-31-15-18-46-52-20-19-41-43-25-40-24-39-23-33(8-3-4-14-45(53(43,52)51(59)60-46)54(52)42-13-6-10-37(12-7-21-55)48(42)50(58)61-54)16-17-36(39)9-5-11-38-26-44(49(41)47(40)32(38)2)57-29-34-22-35(30-57)28-56(31)27-34/h6,10,13,16-18,23,25-26,31-32,34-35,38,45,47,49H,3-4,7-9,12,14-15,19-22,24,27-30,55H2,1-2H3. The molecule has 7 nitrogen and oxygen atoms in total. The van der Waals surface area contributed by atoms with Gasteiger partial charge in [-0.25, -0.2) is 4.79 Å². The Balaban J connectivity index is 1.12. The molecule has 314 valence electrons. The van der Waals surface area contributed by atoms with E-state index in [1.54, 1.807) is 0 Å². The lowest BCUT2D eigenvalue weighted by atomic mass is 9.29. The number of aryl methyl sites for hydroxylation is 2. The summed E-state index contributed by atoms with van der Waals surface area (Å²) in [7, 11) is 0. The van der Waals surface area contributed by atoms with Crippen LogP contribution in [0.4, 0.5) is 0 Å². The Morgan fingerprint density at radius 3 is 2.72 bits per heavy atom. The maximum absolute atomic E-state index is 15.9. The first-order valence-corrected chi connectivity index (χ1v) is 24.0. The highest BCUT2D eigenvalue weighted by atomic mass is 16.6. The molecule has 3 spiro atoms. The van der Waals surface area contributed by atoms with Crippen molar-refractivity contribution in [2.75, 3.05) is 32.7 Å². The number of nitrogens with two attached hydrogens (primary N) is 1. The fourth-order valence-electron chi connectivity index (χ4n) is 16.1. The molecule has 8 aliphatic heterocycles. The van der Waals surface area contributed by atoms with Crippen LogP contribution >= 0.6 is 0 Å². The molecule has 16 rings (SSSR count). The summed E-state index contributed by atoms with van der Waals surface area (Å²) in [6.45, 7) is 9.75. The van der Waals surface area contributed by atoms with Crippen LogP contribution in [0.1, 0.15) is 103 Å². The Kier molecular flexibility index (Phi) is 7.98. The highest BCUT2D eigenvalue weighted by Gasteiger charge is 2.92. The van der Waals surface area contributed by atoms with Crippen LogP contribution in [0.5, 0.6) is 0 Å². The first-order chi connectivity index (χ1) is 29.8. The van der Waals surface area contributed by atoms with E-state index < -0.39 is 16.4 Å². The maximum atomic E-state index is 15.9. The summed E-state index contributed by atoms with van der Waals surface area (Å²) in [5.41, 5.74) is 15.7. The number of carbonyl (C=O) groups excluding carboxylic acids is 2. The molecule has 2 aromatic carbocycles. The third kappa shape index (κ3) is 4.64. The van der Waals surface area contributed by atoms with Crippen molar-refractivity contribution < 1.29 is 19.1 Å². The highest BCUT2D eigenvalue weighted by Crippen LogP contribution is 2.87. The van der Waals surface area contributed by atoms with Gasteiger partial charge in [0, 0.05) is 67.7 Å². The van der Waals surface area contributed by atoms with Gasteiger partial charge in [-0.2, -0.15) is 0 Å². The number of hydrogen-bond acceptors (Lipinski definition) is 7. The quantitative estimate of drug-likeness (QED) is 0.249. The zero-order valence-corrected chi connectivity index (χ0v) is 35.9. The van der Waals surface area contributed by atoms with Gasteiger partial charge in [0.2, 0.25) is 0 Å². The van der Waals surface area contributed by atoms with E-state index in [4.69, 9.17) is 15.2 Å². The molecule has 11 atom stereocenters. The molecule has 6 aliphatic carbocycles. The van der Waals surface area contributed by atoms with Gasteiger partial charge in [0.1, 0.15) is 11.2 Å². The van der Waals surface area contributed by atoms with Gasteiger partial charge in [0.15, 0.2) is 5.60 Å². The lowest BCUT2D eigenvalue weighted by molar-refractivity contribution is -0.275. The van der Waals surface area contributed by atoms with Crippen molar-refractivity contribution in [3.63, 3.8) is 0 Å². The van der Waals surface area contributed by atoms with Crippen molar-refractivity contribution in [2.24, 2.45) is 58.0 Å². The molecular weight excluding hydrogens is 755 g/mol. The molecule has 8 heterocycles. The van der Waals surface area contributed by atoms with Crippen molar-refractivity contribution in [3.05, 3.63) is 116 Å². The molecule has 11 unspecified atom stereocenters. The summed E-state index contributed by atoms with van der Waals surface area (Å²) in [4.78, 5) is 36.2. The van der Waals surface area contributed by atoms with Crippen LogP contribution in [-0.2, 0) is 45.6 Å². The number of piperidine rings is 2. The molecule has 4 fully saturated rings. The SMILES string of the molecule is CC1C2C#CCc3ccc4cc3CC3=CC5=C6CCC78C(=CCC(C)N9CC%10CC(CN(C%10)C(=C2)C6C31)C9)OC(=O)C57C(CCCC4)C81OC(=O)c2c(CCCN)cccc21. The molecule has 0 amide bonds. The van der Waals surface area contributed by atoms with Crippen molar-refractivity contribution in [3.8, 4) is 11.8 Å². The number of hydrogen-bond donors (Lipinski definition) is 1. The van der Waals surface area contributed by atoms with Gasteiger partial charge in [-0.05, 0) is 141 Å². The highest BCUT2D eigenvalue weighted by molar-refractivity contribution is 6.00. The summed E-state index contributed by atoms with van der Waals surface area (Å²) in [6, 6.07) is 13.9. The van der Waals surface area contributed by atoms with Crippen molar-refractivity contribution in [1.29, 1.82) is 0 Å². The predicted octanol–water partition coefficient (Wildman–Crippen LogP) is 7.97. The predicted molar refractivity (Wildman–Crippen MR) is 234 cm³/mol. The number of benzene rings is 2. The van der Waals surface area contributed by atoms with Gasteiger partial charge in [0.05, 0.1) is 11.0 Å². The van der Waals surface area contributed by atoms with Crippen LogP contribution in [-0.4, -0.2) is 60.5 Å². The Labute approximate surface area is 360 Å². The second kappa shape index (κ2) is 13.1. The number of esters is 2. The third-order valence-corrected chi connectivity index (χ3v) is 18.4. The molecule has 7 heteroatoms. The van der Waals surface area contributed by atoms with E-state index in [0.29, 0.717) is 42.3 Å². The number of rotatable bonds is 3. The molecule has 0 aromatic heterocycles. The van der Waals surface area contributed by atoms with Gasteiger partial charge >= 0.3 is 11.9 Å². The first kappa shape index (κ1) is 37.2. The van der Waals surface area contributed by atoms with Crippen molar-refractivity contribution in [2.45, 2.75) is 103 Å². The van der Waals surface area contributed by atoms with Crippen LogP contribution < -0.4 is 5.73 Å². The zero-order chi connectivity index (χ0) is 41.0. The van der Waals surface area contributed by atoms with E-state index in [0.717, 1.165) is 107 Å². The van der Waals surface area contributed by atoms with Crippen LogP contribution in [0.3, 0.4) is 0 Å². The topological polar surface area (TPSA) is 85.1 Å². The smallest absolute Gasteiger partial charge is 0.339 e. The first-order valence-electron chi connectivity index (χ1n) is 24.0. The van der Waals surface area contributed by atoms with E-state index in [9.17, 15) is 4.79 Å². The van der Waals surface area contributed by atoms with E-state index in [1.807, 2.05) is 0 Å². The molecule has 2 N–H and O–H groups in total. The summed E-state index contributed by atoms with van der Waals surface area (Å²) in [6.07, 6.45) is 17.9. The molecule has 1 saturated carbocycles. The van der Waals surface area contributed by atoms with E-state index in [2.05, 4.69) is 90.1 Å². The molecular formula is C54H59N3O4. The fourth-order valence-corrected chi connectivity index (χ4v) is 16.1. The number of ether oxygens (including phenoxy) is 2. The summed E-state index contributed by atoms with van der Waals surface area (Å²) >= 11 is 0. The van der Waals surface area contributed by atoms with E-state index in [-0.39, 0.29) is 35.6 Å². The molecule has 15 bridgehead atoms. The lowest BCUT2D eigenvalue weighted by Gasteiger charge is -2.71. The number of nitrogens with zero attached hydrogens (tertiary/aromatic N) is 2.